The molecule has 30 heavy (non-hydrogen) atoms. The fraction of sp³-hybridized carbons (Fsp3) is 0.292. The molecular formula is C24H25ClN2O3. The Morgan fingerprint density at radius 2 is 1.83 bits per heavy atom. The Kier molecular flexibility index (Phi) is 6.41. The molecule has 156 valence electrons. The van der Waals surface area contributed by atoms with Crippen molar-refractivity contribution >= 4 is 17.5 Å². The molecule has 1 fully saturated rings. The molecule has 0 saturated carbocycles. The molecule has 1 aromatic heterocycles. The number of halogens is 1. The molecule has 2 aromatic carbocycles. The maximum absolute atomic E-state index is 12.7. The molecule has 4 rings (SSSR count). The summed E-state index contributed by atoms with van der Waals surface area (Å²) in [5.74, 6) is 1.45. The summed E-state index contributed by atoms with van der Waals surface area (Å²) in [6.45, 7) is 2.57. The van der Waals surface area contributed by atoms with Crippen molar-refractivity contribution in [3.63, 3.8) is 0 Å². The number of carbonyl (C=O) groups is 1. The van der Waals surface area contributed by atoms with Crippen LogP contribution in [0.3, 0.4) is 0 Å². The van der Waals surface area contributed by atoms with Crippen LogP contribution in [0.25, 0.3) is 11.3 Å². The molecule has 1 N–H and O–H groups in total. The third kappa shape index (κ3) is 4.53. The van der Waals surface area contributed by atoms with E-state index in [1.165, 1.54) is 12.8 Å². The van der Waals surface area contributed by atoms with Crippen molar-refractivity contribution in [2.45, 2.75) is 18.9 Å². The molecule has 1 saturated heterocycles. The van der Waals surface area contributed by atoms with E-state index in [0.29, 0.717) is 17.3 Å². The summed E-state index contributed by atoms with van der Waals surface area (Å²) >= 11 is 6.24. The lowest BCUT2D eigenvalue weighted by molar-refractivity contribution is 0.0911. The van der Waals surface area contributed by atoms with Gasteiger partial charge in [0.25, 0.3) is 5.91 Å². The monoisotopic (exact) mass is 424 g/mol. The molecule has 0 bridgehead atoms. The number of benzene rings is 2. The van der Waals surface area contributed by atoms with Gasteiger partial charge in [-0.25, -0.2) is 0 Å². The number of rotatable bonds is 7. The van der Waals surface area contributed by atoms with Crippen molar-refractivity contribution in [1.29, 1.82) is 0 Å². The first-order chi connectivity index (χ1) is 14.7. The minimum absolute atomic E-state index is 0.111. The van der Waals surface area contributed by atoms with Crippen molar-refractivity contribution in [2.24, 2.45) is 0 Å². The van der Waals surface area contributed by atoms with Gasteiger partial charge in [-0.2, -0.15) is 0 Å². The lowest BCUT2D eigenvalue weighted by Crippen LogP contribution is -2.36. The minimum Gasteiger partial charge on any atom is -0.497 e. The highest BCUT2D eigenvalue weighted by molar-refractivity contribution is 6.33. The maximum atomic E-state index is 12.7. The SMILES string of the molecule is COc1ccc([C@H](CNC(=O)c2ccc(-c3ccccc3Cl)o2)N2CCCC2)cc1. The van der Waals surface area contributed by atoms with Crippen LogP contribution >= 0.6 is 11.6 Å². The van der Waals surface area contributed by atoms with Crippen molar-refractivity contribution in [1.82, 2.24) is 10.2 Å². The van der Waals surface area contributed by atoms with Crippen LogP contribution in [-0.4, -0.2) is 37.6 Å². The first kappa shape index (κ1) is 20.5. The largest absolute Gasteiger partial charge is 0.497 e. The van der Waals surface area contributed by atoms with Crippen molar-refractivity contribution in [2.75, 3.05) is 26.7 Å². The Morgan fingerprint density at radius 3 is 2.53 bits per heavy atom. The smallest absolute Gasteiger partial charge is 0.287 e. The Balaban J connectivity index is 1.46. The summed E-state index contributed by atoms with van der Waals surface area (Å²) < 4.78 is 11.1. The number of carbonyl (C=O) groups excluding carboxylic acids is 1. The average Bonchev–Trinajstić information content (AvgIpc) is 3.47. The number of ether oxygens (including phenoxy) is 1. The second kappa shape index (κ2) is 9.37. The molecule has 1 atom stereocenters. The normalized spacial score (nSPS) is 15.1. The Labute approximate surface area is 181 Å². The minimum atomic E-state index is -0.231. The quantitative estimate of drug-likeness (QED) is 0.568. The molecule has 0 spiro atoms. The molecule has 1 amide bonds. The molecule has 5 nitrogen and oxygen atoms in total. The van der Waals surface area contributed by atoms with E-state index >= 15 is 0 Å². The first-order valence-corrected chi connectivity index (χ1v) is 10.5. The molecule has 0 unspecified atom stereocenters. The van der Waals surface area contributed by atoms with Crippen LogP contribution in [0, 0.1) is 0 Å². The van der Waals surface area contributed by atoms with Crippen LogP contribution in [0.15, 0.2) is 65.1 Å². The predicted molar refractivity (Wildman–Crippen MR) is 118 cm³/mol. The number of hydrogen-bond acceptors (Lipinski definition) is 4. The fourth-order valence-electron chi connectivity index (χ4n) is 3.88. The molecule has 0 radical (unpaired) electrons. The summed E-state index contributed by atoms with van der Waals surface area (Å²) in [5, 5.41) is 3.63. The van der Waals surface area contributed by atoms with Gasteiger partial charge in [0.1, 0.15) is 11.5 Å². The topological polar surface area (TPSA) is 54.7 Å². The molecular weight excluding hydrogens is 400 g/mol. The van der Waals surface area contributed by atoms with Gasteiger partial charge in [-0.1, -0.05) is 35.9 Å². The van der Waals surface area contributed by atoms with Crippen molar-refractivity contribution in [3.8, 4) is 17.1 Å². The highest BCUT2D eigenvalue weighted by Gasteiger charge is 2.25. The van der Waals surface area contributed by atoms with Crippen LogP contribution in [0.1, 0.15) is 35.0 Å². The van der Waals surface area contributed by atoms with Gasteiger partial charge in [0.2, 0.25) is 0 Å². The number of nitrogens with one attached hydrogen (secondary N) is 1. The van der Waals surface area contributed by atoms with Crippen LogP contribution in [0.5, 0.6) is 5.75 Å². The third-order valence-electron chi connectivity index (χ3n) is 5.51. The van der Waals surface area contributed by atoms with Crippen molar-refractivity contribution < 1.29 is 13.9 Å². The lowest BCUT2D eigenvalue weighted by atomic mass is 10.1. The summed E-state index contributed by atoms with van der Waals surface area (Å²) in [4.78, 5) is 15.2. The summed E-state index contributed by atoms with van der Waals surface area (Å²) in [7, 11) is 1.66. The number of furan rings is 1. The van der Waals surface area contributed by atoms with Gasteiger partial charge >= 0.3 is 0 Å². The molecule has 1 aliphatic heterocycles. The highest BCUT2D eigenvalue weighted by Crippen LogP contribution is 2.29. The second-order valence-electron chi connectivity index (χ2n) is 7.39. The number of nitrogens with zero attached hydrogens (tertiary/aromatic N) is 1. The van der Waals surface area contributed by atoms with E-state index in [-0.39, 0.29) is 17.7 Å². The van der Waals surface area contributed by atoms with Crippen molar-refractivity contribution in [3.05, 3.63) is 77.0 Å². The number of hydrogen-bond donors (Lipinski definition) is 1. The predicted octanol–water partition coefficient (Wildman–Crippen LogP) is 5.18. The van der Waals surface area contributed by atoms with E-state index in [1.807, 2.05) is 30.3 Å². The van der Waals surface area contributed by atoms with E-state index in [2.05, 4.69) is 22.3 Å². The third-order valence-corrected chi connectivity index (χ3v) is 5.84. The Hall–Kier alpha value is -2.76. The van der Waals surface area contributed by atoms with Gasteiger partial charge in [-0.05, 0) is 67.9 Å². The molecule has 6 heteroatoms. The molecule has 0 aliphatic carbocycles. The molecule has 2 heterocycles. The Bertz CT molecular complexity index is 994. The highest BCUT2D eigenvalue weighted by atomic mass is 35.5. The zero-order valence-corrected chi connectivity index (χ0v) is 17.7. The molecule has 3 aromatic rings. The second-order valence-corrected chi connectivity index (χ2v) is 7.79. The molecule has 1 aliphatic rings. The van der Waals surface area contributed by atoms with Crippen LogP contribution in [-0.2, 0) is 0 Å². The van der Waals surface area contributed by atoms with Gasteiger partial charge in [0, 0.05) is 12.1 Å². The van der Waals surface area contributed by atoms with E-state index in [1.54, 1.807) is 25.3 Å². The number of likely N-dealkylation sites (tertiary alicyclic amines) is 1. The van der Waals surface area contributed by atoms with Crippen LogP contribution in [0.4, 0.5) is 0 Å². The zero-order valence-electron chi connectivity index (χ0n) is 16.9. The van der Waals surface area contributed by atoms with Gasteiger partial charge in [-0.15, -0.1) is 0 Å². The summed E-state index contributed by atoms with van der Waals surface area (Å²) in [5.41, 5.74) is 1.93. The van der Waals surface area contributed by atoms with Gasteiger partial charge in [-0.3, -0.25) is 9.69 Å². The zero-order chi connectivity index (χ0) is 20.9. The first-order valence-electron chi connectivity index (χ1n) is 10.2. The lowest BCUT2D eigenvalue weighted by Gasteiger charge is -2.28. The Morgan fingerprint density at radius 1 is 1.10 bits per heavy atom. The van der Waals surface area contributed by atoms with Crippen LogP contribution in [0.2, 0.25) is 5.02 Å². The fourth-order valence-corrected chi connectivity index (χ4v) is 4.11. The van der Waals surface area contributed by atoms with E-state index < -0.39 is 0 Å². The van der Waals surface area contributed by atoms with Gasteiger partial charge in [0.05, 0.1) is 18.2 Å². The summed E-state index contributed by atoms with van der Waals surface area (Å²) in [6, 6.07) is 19.0. The standard InChI is InChI=1S/C24H25ClN2O3/c1-29-18-10-8-17(9-11-18)21(27-14-4-5-15-27)16-26-24(28)23-13-12-22(30-23)19-6-2-3-7-20(19)25/h2-3,6-13,21H,4-5,14-16H2,1H3,(H,26,28)/t21-/m0/s1. The van der Waals surface area contributed by atoms with Gasteiger partial charge in [0.15, 0.2) is 5.76 Å². The number of methoxy groups -OCH3 is 1. The maximum Gasteiger partial charge on any atom is 0.287 e. The van der Waals surface area contributed by atoms with E-state index in [0.717, 1.165) is 30.0 Å². The average molecular weight is 425 g/mol. The number of amides is 1. The van der Waals surface area contributed by atoms with E-state index in [9.17, 15) is 4.79 Å². The van der Waals surface area contributed by atoms with Crippen LogP contribution < -0.4 is 10.1 Å². The van der Waals surface area contributed by atoms with E-state index in [4.69, 9.17) is 20.8 Å². The summed E-state index contributed by atoms with van der Waals surface area (Å²) in [6.07, 6.45) is 2.36. The van der Waals surface area contributed by atoms with Gasteiger partial charge < -0.3 is 14.5 Å².